The number of ether oxygens (including phenoxy) is 1. The lowest BCUT2D eigenvalue weighted by atomic mass is 10.1. The van der Waals surface area contributed by atoms with Crippen molar-refractivity contribution in [1.29, 1.82) is 0 Å². The van der Waals surface area contributed by atoms with Gasteiger partial charge in [-0.2, -0.15) is 0 Å². The predicted octanol–water partition coefficient (Wildman–Crippen LogP) is 2.04. The van der Waals surface area contributed by atoms with Crippen LogP contribution >= 0.6 is 0 Å². The zero-order valence-corrected chi connectivity index (χ0v) is 12.0. The van der Waals surface area contributed by atoms with Gasteiger partial charge >= 0.3 is 0 Å². The third kappa shape index (κ3) is 2.93. The number of benzene rings is 1. The first kappa shape index (κ1) is 13.6. The molecule has 1 N–H and O–H groups in total. The van der Waals surface area contributed by atoms with Crippen LogP contribution < -0.4 is 10.1 Å². The first-order chi connectivity index (χ1) is 8.61. The van der Waals surface area contributed by atoms with E-state index in [1.807, 2.05) is 13.0 Å². The van der Waals surface area contributed by atoms with Crippen LogP contribution in [0.4, 0.5) is 0 Å². The Bertz CT molecular complexity index is 447. The Labute approximate surface area is 111 Å². The fourth-order valence-corrected chi connectivity index (χ4v) is 2.68. The molecule has 0 aliphatic heterocycles. The zero-order chi connectivity index (χ0) is 13.1. The molecule has 0 radical (unpaired) electrons. The fourth-order valence-electron chi connectivity index (χ4n) is 2.34. The molecule has 0 saturated carbocycles. The highest BCUT2D eigenvalue weighted by molar-refractivity contribution is 7.84. The van der Waals surface area contributed by atoms with Gasteiger partial charge in [0, 0.05) is 34.9 Å². The van der Waals surface area contributed by atoms with E-state index in [4.69, 9.17) is 4.74 Å². The van der Waals surface area contributed by atoms with E-state index in [1.165, 1.54) is 11.1 Å². The summed E-state index contributed by atoms with van der Waals surface area (Å²) in [6.45, 7) is 2.81. The van der Waals surface area contributed by atoms with E-state index in [1.54, 1.807) is 13.4 Å². The maximum Gasteiger partial charge on any atom is 0.119 e. The van der Waals surface area contributed by atoms with Crippen LogP contribution in [-0.4, -0.2) is 29.4 Å². The second-order valence-corrected chi connectivity index (χ2v) is 6.68. The molecule has 1 aromatic rings. The van der Waals surface area contributed by atoms with E-state index in [2.05, 4.69) is 17.4 Å². The molecule has 0 bridgehead atoms. The zero-order valence-electron chi connectivity index (χ0n) is 11.2. The molecule has 18 heavy (non-hydrogen) atoms. The minimum atomic E-state index is -0.761. The summed E-state index contributed by atoms with van der Waals surface area (Å²) >= 11 is 0. The number of nitrogens with one attached hydrogen (secondary N) is 1. The van der Waals surface area contributed by atoms with Crippen LogP contribution in [0.2, 0.25) is 0 Å². The van der Waals surface area contributed by atoms with E-state index < -0.39 is 10.8 Å². The number of methoxy groups -OCH3 is 1. The number of aryl methyl sites for hydroxylation is 1. The van der Waals surface area contributed by atoms with E-state index in [-0.39, 0.29) is 5.25 Å². The van der Waals surface area contributed by atoms with Crippen LogP contribution in [0, 0.1) is 0 Å². The molecule has 3 unspecified atom stereocenters. The van der Waals surface area contributed by atoms with Crippen LogP contribution in [0.25, 0.3) is 0 Å². The van der Waals surface area contributed by atoms with Crippen LogP contribution in [0.1, 0.15) is 30.5 Å². The molecule has 1 aliphatic carbocycles. The first-order valence-corrected chi connectivity index (χ1v) is 7.96. The Hall–Kier alpha value is -0.870. The highest BCUT2D eigenvalue weighted by Crippen LogP contribution is 2.33. The summed E-state index contributed by atoms with van der Waals surface area (Å²) in [5.41, 5.74) is 2.74. The molecule has 2 rings (SSSR count). The SMILES string of the molecule is COc1ccc2c(c1)C(NCC(C)S(C)=O)CC2. The van der Waals surface area contributed by atoms with Crippen molar-refractivity contribution in [3.63, 3.8) is 0 Å². The average Bonchev–Trinajstić information content (AvgIpc) is 2.77. The number of rotatable bonds is 5. The van der Waals surface area contributed by atoms with E-state index in [0.29, 0.717) is 6.04 Å². The van der Waals surface area contributed by atoms with Crippen molar-refractivity contribution < 1.29 is 8.95 Å². The van der Waals surface area contributed by atoms with Gasteiger partial charge < -0.3 is 10.1 Å². The van der Waals surface area contributed by atoms with Gasteiger partial charge in [-0.3, -0.25) is 4.21 Å². The van der Waals surface area contributed by atoms with Gasteiger partial charge in [-0.05, 0) is 43.0 Å². The second-order valence-electron chi connectivity index (χ2n) is 4.87. The summed E-state index contributed by atoms with van der Waals surface area (Å²) in [4.78, 5) is 0. The maximum atomic E-state index is 11.3. The predicted molar refractivity (Wildman–Crippen MR) is 75.6 cm³/mol. The van der Waals surface area contributed by atoms with Gasteiger partial charge in [0.1, 0.15) is 5.75 Å². The van der Waals surface area contributed by atoms with Crippen LogP contribution in [0.5, 0.6) is 5.75 Å². The Morgan fingerprint density at radius 3 is 3.00 bits per heavy atom. The van der Waals surface area contributed by atoms with Gasteiger partial charge in [-0.15, -0.1) is 0 Å². The molecule has 0 spiro atoms. The maximum absolute atomic E-state index is 11.3. The molecule has 0 saturated heterocycles. The van der Waals surface area contributed by atoms with Crippen molar-refractivity contribution >= 4 is 10.8 Å². The van der Waals surface area contributed by atoms with E-state index in [9.17, 15) is 4.21 Å². The summed E-state index contributed by atoms with van der Waals surface area (Å²) in [6, 6.07) is 6.66. The quantitative estimate of drug-likeness (QED) is 0.887. The average molecular weight is 267 g/mol. The normalized spacial score (nSPS) is 21.4. The third-order valence-electron chi connectivity index (χ3n) is 3.65. The van der Waals surface area contributed by atoms with Crippen molar-refractivity contribution in [2.75, 3.05) is 19.9 Å². The van der Waals surface area contributed by atoms with Crippen molar-refractivity contribution in [1.82, 2.24) is 5.32 Å². The highest BCUT2D eigenvalue weighted by atomic mass is 32.2. The van der Waals surface area contributed by atoms with Crippen molar-refractivity contribution in [3.05, 3.63) is 29.3 Å². The van der Waals surface area contributed by atoms with Crippen LogP contribution in [0.3, 0.4) is 0 Å². The highest BCUT2D eigenvalue weighted by Gasteiger charge is 2.23. The Kier molecular flexibility index (Phi) is 4.40. The number of hydrogen-bond donors (Lipinski definition) is 1. The van der Waals surface area contributed by atoms with Gasteiger partial charge in [0.2, 0.25) is 0 Å². The Morgan fingerprint density at radius 1 is 1.56 bits per heavy atom. The Morgan fingerprint density at radius 2 is 2.33 bits per heavy atom. The summed E-state index contributed by atoms with van der Waals surface area (Å²) in [7, 11) is 0.935. The molecule has 1 aliphatic rings. The first-order valence-electron chi connectivity index (χ1n) is 6.34. The molecule has 100 valence electrons. The summed E-state index contributed by atoms with van der Waals surface area (Å²) in [5.74, 6) is 0.912. The van der Waals surface area contributed by atoms with Crippen LogP contribution in [-0.2, 0) is 17.2 Å². The van der Waals surface area contributed by atoms with Gasteiger partial charge in [-0.1, -0.05) is 6.07 Å². The van der Waals surface area contributed by atoms with Crippen LogP contribution in [0.15, 0.2) is 18.2 Å². The molecular formula is C14H21NO2S. The molecular weight excluding hydrogens is 246 g/mol. The minimum absolute atomic E-state index is 0.194. The van der Waals surface area contributed by atoms with E-state index in [0.717, 1.165) is 25.1 Å². The molecule has 3 atom stereocenters. The van der Waals surface area contributed by atoms with Gasteiger partial charge in [-0.25, -0.2) is 0 Å². The van der Waals surface area contributed by atoms with Gasteiger partial charge in [0.15, 0.2) is 0 Å². The van der Waals surface area contributed by atoms with E-state index >= 15 is 0 Å². The molecule has 0 amide bonds. The number of fused-ring (bicyclic) bond motifs is 1. The van der Waals surface area contributed by atoms with Crippen molar-refractivity contribution in [2.24, 2.45) is 0 Å². The smallest absolute Gasteiger partial charge is 0.119 e. The largest absolute Gasteiger partial charge is 0.497 e. The third-order valence-corrected chi connectivity index (χ3v) is 4.95. The summed E-state index contributed by atoms with van der Waals surface area (Å²) < 4.78 is 16.6. The summed E-state index contributed by atoms with van der Waals surface area (Å²) in [5, 5.41) is 3.72. The summed E-state index contributed by atoms with van der Waals surface area (Å²) in [6.07, 6.45) is 3.99. The fraction of sp³-hybridized carbons (Fsp3) is 0.571. The molecule has 0 heterocycles. The minimum Gasteiger partial charge on any atom is -0.497 e. The molecule has 0 aromatic heterocycles. The van der Waals surface area contributed by atoms with Gasteiger partial charge in [0.05, 0.1) is 7.11 Å². The second kappa shape index (κ2) is 5.85. The standard InChI is InChI=1S/C14H21NO2S/c1-10(18(3)16)9-15-14-7-5-11-4-6-12(17-2)8-13(11)14/h4,6,8,10,14-15H,5,7,9H2,1-3H3. The molecule has 1 aromatic carbocycles. The topological polar surface area (TPSA) is 38.3 Å². The molecule has 0 fully saturated rings. The Balaban J connectivity index is 2.04. The van der Waals surface area contributed by atoms with Crippen molar-refractivity contribution in [2.45, 2.75) is 31.1 Å². The lowest BCUT2D eigenvalue weighted by Crippen LogP contribution is -2.30. The lowest BCUT2D eigenvalue weighted by Gasteiger charge is -2.17. The van der Waals surface area contributed by atoms with Gasteiger partial charge in [0.25, 0.3) is 0 Å². The molecule has 4 heteroatoms. The monoisotopic (exact) mass is 267 g/mol. The molecule has 3 nitrogen and oxygen atoms in total. The lowest BCUT2D eigenvalue weighted by molar-refractivity contribution is 0.413. The number of hydrogen-bond acceptors (Lipinski definition) is 3. The van der Waals surface area contributed by atoms with Crippen molar-refractivity contribution in [3.8, 4) is 5.75 Å².